The second kappa shape index (κ2) is 20.0. The van der Waals surface area contributed by atoms with Gasteiger partial charge in [0.1, 0.15) is 0 Å². The molecule has 0 saturated carbocycles. The van der Waals surface area contributed by atoms with Crippen LogP contribution >= 0.6 is 0 Å². The molecule has 0 aliphatic rings. The van der Waals surface area contributed by atoms with Gasteiger partial charge in [-0.05, 0) is 32.1 Å². The van der Waals surface area contributed by atoms with Crippen molar-refractivity contribution in [2.45, 2.75) is 116 Å². The van der Waals surface area contributed by atoms with E-state index in [1.54, 1.807) is 0 Å². The Bertz CT molecular complexity index is 363. The maximum Gasteiger partial charge on any atom is 0.303 e. The van der Waals surface area contributed by atoms with E-state index in [9.17, 15) is 9.59 Å². The van der Waals surface area contributed by atoms with Crippen LogP contribution in [0.1, 0.15) is 116 Å². The molecule has 0 aliphatic carbocycles. The lowest BCUT2D eigenvalue weighted by atomic mass is 10.0. The summed E-state index contributed by atoms with van der Waals surface area (Å²) >= 11 is 0. The third kappa shape index (κ3) is 22.7. The van der Waals surface area contributed by atoms with Gasteiger partial charge in [0.25, 0.3) is 0 Å². The van der Waals surface area contributed by atoms with E-state index < -0.39 is 11.9 Å². The molecular formula is C22H40O4. The van der Waals surface area contributed by atoms with Crippen LogP contribution < -0.4 is 0 Å². The number of hydrogen-bond donors (Lipinski definition) is 2. The summed E-state index contributed by atoms with van der Waals surface area (Å²) in [6.07, 6.45) is 23.9. The van der Waals surface area contributed by atoms with Crippen molar-refractivity contribution >= 4 is 11.9 Å². The highest BCUT2D eigenvalue weighted by atomic mass is 16.4. The molecule has 4 nitrogen and oxygen atoms in total. The molecule has 0 unspecified atom stereocenters. The Morgan fingerprint density at radius 3 is 1.19 bits per heavy atom. The number of unbranched alkanes of at least 4 members (excludes halogenated alkanes) is 14. The van der Waals surface area contributed by atoms with Crippen molar-refractivity contribution < 1.29 is 19.8 Å². The molecule has 0 rings (SSSR count). The Labute approximate surface area is 160 Å². The first-order chi connectivity index (χ1) is 12.6. The van der Waals surface area contributed by atoms with Crippen LogP contribution in [-0.4, -0.2) is 22.2 Å². The number of allylic oxidation sites excluding steroid dienone is 2. The van der Waals surface area contributed by atoms with Crippen LogP contribution in [0.25, 0.3) is 0 Å². The van der Waals surface area contributed by atoms with Crippen molar-refractivity contribution in [3.05, 3.63) is 12.2 Å². The molecule has 4 heteroatoms. The summed E-state index contributed by atoms with van der Waals surface area (Å²) in [7, 11) is 0. The molecule has 26 heavy (non-hydrogen) atoms. The number of carboxylic acid groups (broad SMARTS) is 2. The zero-order valence-electron chi connectivity index (χ0n) is 16.6. The van der Waals surface area contributed by atoms with Crippen LogP contribution in [0.2, 0.25) is 0 Å². The lowest BCUT2D eigenvalue weighted by molar-refractivity contribution is -0.138. The quantitative estimate of drug-likeness (QED) is 0.184. The lowest BCUT2D eigenvalue weighted by Crippen LogP contribution is -1.93. The third-order valence-electron chi connectivity index (χ3n) is 4.69. The molecule has 0 aromatic carbocycles. The van der Waals surface area contributed by atoms with Gasteiger partial charge in [-0.3, -0.25) is 9.59 Å². The van der Waals surface area contributed by atoms with Crippen molar-refractivity contribution in [3.8, 4) is 0 Å². The second-order valence-corrected chi connectivity index (χ2v) is 7.29. The minimum absolute atomic E-state index is 0.275. The van der Waals surface area contributed by atoms with E-state index in [1.165, 1.54) is 70.6 Å². The number of hydrogen-bond acceptors (Lipinski definition) is 2. The molecule has 0 heterocycles. The van der Waals surface area contributed by atoms with Gasteiger partial charge in [0.15, 0.2) is 0 Å². The van der Waals surface area contributed by atoms with Gasteiger partial charge in [-0.2, -0.15) is 0 Å². The molecular weight excluding hydrogens is 328 g/mol. The van der Waals surface area contributed by atoms with Crippen molar-refractivity contribution in [1.29, 1.82) is 0 Å². The summed E-state index contributed by atoms with van der Waals surface area (Å²) < 4.78 is 0. The molecule has 0 radical (unpaired) electrons. The van der Waals surface area contributed by atoms with Gasteiger partial charge in [-0.1, -0.05) is 82.8 Å². The zero-order valence-corrected chi connectivity index (χ0v) is 16.6. The minimum Gasteiger partial charge on any atom is -0.481 e. The van der Waals surface area contributed by atoms with E-state index >= 15 is 0 Å². The molecule has 2 N–H and O–H groups in total. The van der Waals surface area contributed by atoms with Crippen molar-refractivity contribution in [2.75, 3.05) is 0 Å². The third-order valence-corrected chi connectivity index (χ3v) is 4.69. The predicted molar refractivity (Wildman–Crippen MR) is 108 cm³/mol. The molecule has 0 fully saturated rings. The summed E-state index contributed by atoms with van der Waals surface area (Å²) in [5, 5.41) is 17.1. The Hall–Kier alpha value is -1.32. The summed E-state index contributed by atoms with van der Waals surface area (Å²) in [6, 6.07) is 0. The summed E-state index contributed by atoms with van der Waals surface area (Å²) in [4.78, 5) is 20.7. The normalized spacial score (nSPS) is 11.2. The molecule has 0 saturated heterocycles. The molecule has 152 valence electrons. The van der Waals surface area contributed by atoms with E-state index in [2.05, 4.69) is 12.2 Å². The largest absolute Gasteiger partial charge is 0.481 e. The molecule has 0 aromatic heterocycles. The van der Waals surface area contributed by atoms with E-state index in [0.29, 0.717) is 6.42 Å². The Kier molecular flexibility index (Phi) is 19.0. The molecule has 0 amide bonds. The van der Waals surface area contributed by atoms with Gasteiger partial charge >= 0.3 is 11.9 Å². The fraction of sp³-hybridized carbons (Fsp3) is 0.818. The number of aliphatic carboxylic acids is 2. The fourth-order valence-electron chi connectivity index (χ4n) is 3.09. The fourth-order valence-corrected chi connectivity index (χ4v) is 3.09. The Morgan fingerprint density at radius 1 is 0.462 bits per heavy atom. The predicted octanol–water partition coefficient (Wildman–Crippen LogP) is 6.73. The van der Waals surface area contributed by atoms with Crippen LogP contribution in [0, 0.1) is 0 Å². The van der Waals surface area contributed by atoms with E-state index in [-0.39, 0.29) is 6.42 Å². The first-order valence-corrected chi connectivity index (χ1v) is 10.7. The highest BCUT2D eigenvalue weighted by Crippen LogP contribution is 2.13. The monoisotopic (exact) mass is 368 g/mol. The maximum absolute atomic E-state index is 10.4. The molecule has 0 atom stereocenters. The highest BCUT2D eigenvalue weighted by molar-refractivity contribution is 5.66. The van der Waals surface area contributed by atoms with Gasteiger partial charge < -0.3 is 10.2 Å². The van der Waals surface area contributed by atoms with Gasteiger partial charge in [0, 0.05) is 12.8 Å². The lowest BCUT2D eigenvalue weighted by Gasteiger charge is -2.03. The maximum atomic E-state index is 10.4. The minimum atomic E-state index is -0.702. The van der Waals surface area contributed by atoms with Gasteiger partial charge in [0.2, 0.25) is 0 Å². The van der Waals surface area contributed by atoms with Crippen LogP contribution in [0.15, 0.2) is 12.2 Å². The van der Waals surface area contributed by atoms with Crippen LogP contribution in [0.3, 0.4) is 0 Å². The van der Waals surface area contributed by atoms with E-state index in [1.807, 2.05) is 0 Å². The molecule has 0 aromatic rings. The van der Waals surface area contributed by atoms with E-state index in [0.717, 1.165) is 32.1 Å². The standard InChI is InChI=1S/C22H40O4/c23-21(24)19-17-15-13-11-9-7-5-3-1-2-4-6-8-10-12-14-16-18-20-22(25)26/h11,13H,1-10,12,14-20H2,(H,23,24)(H,25,26). The van der Waals surface area contributed by atoms with E-state index in [4.69, 9.17) is 10.2 Å². The smallest absolute Gasteiger partial charge is 0.303 e. The summed E-state index contributed by atoms with van der Waals surface area (Å²) in [6.45, 7) is 0. The van der Waals surface area contributed by atoms with Crippen LogP contribution in [0.5, 0.6) is 0 Å². The first-order valence-electron chi connectivity index (χ1n) is 10.7. The molecule has 0 aliphatic heterocycles. The number of carbonyl (C=O) groups is 2. The average Bonchev–Trinajstić information content (AvgIpc) is 2.59. The zero-order chi connectivity index (χ0) is 19.3. The van der Waals surface area contributed by atoms with Gasteiger partial charge in [-0.25, -0.2) is 0 Å². The van der Waals surface area contributed by atoms with Crippen molar-refractivity contribution in [3.63, 3.8) is 0 Å². The van der Waals surface area contributed by atoms with Crippen molar-refractivity contribution in [1.82, 2.24) is 0 Å². The Morgan fingerprint density at radius 2 is 0.769 bits per heavy atom. The highest BCUT2D eigenvalue weighted by Gasteiger charge is 1.97. The van der Waals surface area contributed by atoms with Gasteiger partial charge in [-0.15, -0.1) is 0 Å². The molecule has 0 bridgehead atoms. The topological polar surface area (TPSA) is 74.6 Å². The Balaban J connectivity index is 3.08. The molecule has 0 spiro atoms. The SMILES string of the molecule is O=C(O)CCCC=CCCCCCCCCCCCCCCCC(=O)O. The number of carboxylic acids is 2. The summed E-state index contributed by atoms with van der Waals surface area (Å²) in [5.41, 5.74) is 0. The number of rotatable bonds is 20. The van der Waals surface area contributed by atoms with Crippen LogP contribution in [-0.2, 0) is 9.59 Å². The van der Waals surface area contributed by atoms with Crippen LogP contribution in [0.4, 0.5) is 0 Å². The summed E-state index contributed by atoms with van der Waals surface area (Å²) in [5.74, 6) is -1.37. The van der Waals surface area contributed by atoms with Gasteiger partial charge in [0.05, 0.1) is 0 Å². The average molecular weight is 369 g/mol. The second-order valence-electron chi connectivity index (χ2n) is 7.29. The van der Waals surface area contributed by atoms with Crippen molar-refractivity contribution in [2.24, 2.45) is 0 Å². The first kappa shape index (κ1) is 24.7.